The Morgan fingerprint density at radius 3 is 2.67 bits per heavy atom. The lowest BCUT2D eigenvalue weighted by molar-refractivity contribution is -0.119. The Morgan fingerprint density at radius 2 is 2.08 bits per heavy atom. The van der Waals surface area contributed by atoms with E-state index >= 15 is 0 Å². The van der Waals surface area contributed by atoms with Gasteiger partial charge in [0.25, 0.3) is 0 Å². The summed E-state index contributed by atoms with van der Waals surface area (Å²) in [5.74, 6) is 0.667. The molecule has 2 unspecified atom stereocenters. The number of hydrogen-bond acceptors (Lipinski definition) is 3. The van der Waals surface area contributed by atoms with Crippen LogP contribution in [0.3, 0.4) is 0 Å². The van der Waals surface area contributed by atoms with Gasteiger partial charge in [-0.3, -0.25) is 9.89 Å². The molecule has 0 bridgehead atoms. The molecule has 0 aliphatic heterocycles. The molecule has 7 heteroatoms. The predicted molar refractivity (Wildman–Crippen MR) is 102 cm³/mol. The highest BCUT2D eigenvalue weighted by molar-refractivity contribution is 9.10. The lowest BCUT2D eigenvalue weighted by atomic mass is 10.0. The van der Waals surface area contributed by atoms with Crippen molar-refractivity contribution in [2.75, 3.05) is 5.32 Å². The van der Waals surface area contributed by atoms with Crippen molar-refractivity contribution in [3.8, 4) is 11.3 Å². The number of aromatic amines is 1. The van der Waals surface area contributed by atoms with Crippen molar-refractivity contribution < 1.29 is 4.79 Å². The van der Waals surface area contributed by atoms with Crippen LogP contribution < -0.4 is 11.1 Å². The van der Waals surface area contributed by atoms with E-state index in [0.717, 1.165) is 47.0 Å². The standard InChI is InChI=1S/C17H21BrN4O.ClH/c1-2-14-15(10-3-6-12(18)7-4-10)21-22-16(14)20-17(23)11-5-8-13(19)9-11;/h3-4,6-7,11,13H,2,5,8-9,19H2,1H3,(H2,20,21,22,23);1H. The van der Waals surface area contributed by atoms with Crippen LogP contribution in [0.1, 0.15) is 31.7 Å². The van der Waals surface area contributed by atoms with Gasteiger partial charge in [0.2, 0.25) is 5.91 Å². The lowest BCUT2D eigenvalue weighted by Crippen LogP contribution is -2.23. The van der Waals surface area contributed by atoms with Crippen LogP contribution in [-0.2, 0) is 11.2 Å². The fourth-order valence-electron chi connectivity index (χ4n) is 3.14. The maximum atomic E-state index is 12.4. The molecule has 1 aliphatic carbocycles. The number of benzene rings is 1. The lowest BCUT2D eigenvalue weighted by Gasteiger charge is -2.10. The number of aromatic nitrogens is 2. The van der Waals surface area contributed by atoms with E-state index in [2.05, 4.69) is 38.4 Å². The van der Waals surface area contributed by atoms with Crippen LogP contribution in [0, 0.1) is 5.92 Å². The highest BCUT2D eigenvalue weighted by Gasteiger charge is 2.28. The van der Waals surface area contributed by atoms with Crippen LogP contribution in [0.15, 0.2) is 28.7 Å². The summed E-state index contributed by atoms with van der Waals surface area (Å²) in [7, 11) is 0. The third-order valence-electron chi connectivity index (χ3n) is 4.44. The topological polar surface area (TPSA) is 83.8 Å². The van der Waals surface area contributed by atoms with E-state index in [4.69, 9.17) is 5.73 Å². The van der Waals surface area contributed by atoms with Gasteiger partial charge in [-0.1, -0.05) is 35.0 Å². The third kappa shape index (κ3) is 3.99. The molecule has 3 rings (SSSR count). The molecule has 1 aliphatic rings. The quantitative estimate of drug-likeness (QED) is 0.711. The summed E-state index contributed by atoms with van der Waals surface area (Å²) in [4.78, 5) is 12.4. The van der Waals surface area contributed by atoms with Crippen molar-refractivity contribution in [1.82, 2.24) is 10.2 Å². The van der Waals surface area contributed by atoms with E-state index in [9.17, 15) is 4.79 Å². The van der Waals surface area contributed by atoms with Crippen molar-refractivity contribution in [3.63, 3.8) is 0 Å². The molecule has 0 radical (unpaired) electrons. The van der Waals surface area contributed by atoms with Gasteiger partial charge in [0.1, 0.15) is 0 Å². The van der Waals surface area contributed by atoms with Crippen molar-refractivity contribution in [2.45, 2.75) is 38.6 Å². The fourth-order valence-corrected chi connectivity index (χ4v) is 3.41. The number of H-pyrrole nitrogens is 1. The van der Waals surface area contributed by atoms with Gasteiger partial charge in [-0.05, 0) is 43.4 Å². The minimum absolute atomic E-state index is 0. The van der Waals surface area contributed by atoms with Crippen molar-refractivity contribution in [3.05, 3.63) is 34.3 Å². The number of carbonyl (C=O) groups excluding carboxylic acids is 1. The Kier molecular flexibility index (Phi) is 6.43. The average molecular weight is 414 g/mol. The van der Waals surface area contributed by atoms with E-state index in [-0.39, 0.29) is 30.3 Å². The van der Waals surface area contributed by atoms with Crippen LogP contribution in [-0.4, -0.2) is 22.1 Å². The van der Waals surface area contributed by atoms with Gasteiger partial charge in [0.15, 0.2) is 5.82 Å². The molecule has 1 fully saturated rings. The summed E-state index contributed by atoms with van der Waals surface area (Å²) < 4.78 is 1.03. The highest BCUT2D eigenvalue weighted by atomic mass is 79.9. The summed E-state index contributed by atoms with van der Waals surface area (Å²) in [6, 6.07) is 8.19. The summed E-state index contributed by atoms with van der Waals surface area (Å²) in [5.41, 5.74) is 8.94. The fraction of sp³-hybridized carbons (Fsp3) is 0.412. The highest BCUT2D eigenvalue weighted by Crippen LogP contribution is 2.30. The number of amides is 1. The van der Waals surface area contributed by atoms with Crippen LogP contribution in [0.4, 0.5) is 5.82 Å². The van der Waals surface area contributed by atoms with Gasteiger partial charge in [0, 0.05) is 22.0 Å². The molecule has 24 heavy (non-hydrogen) atoms. The molecular weight excluding hydrogens is 392 g/mol. The van der Waals surface area contributed by atoms with E-state index in [1.165, 1.54) is 0 Å². The van der Waals surface area contributed by atoms with Gasteiger partial charge in [-0.15, -0.1) is 12.4 Å². The van der Waals surface area contributed by atoms with Gasteiger partial charge in [-0.2, -0.15) is 5.10 Å². The first-order valence-electron chi connectivity index (χ1n) is 7.98. The maximum Gasteiger partial charge on any atom is 0.228 e. The van der Waals surface area contributed by atoms with Gasteiger partial charge < -0.3 is 11.1 Å². The van der Waals surface area contributed by atoms with Gasteiger partial charge in [0.05, 0.1) is 5.69 Å². The Balaban J connectivity index is 0.00000208. The molecular formula is C17H22BrClN4O. The van der Waals surface area contributed by atoms with E-state index in [1.54, 1.807) is 0 Å². The first-order chi connectivity index (χ1) is 11.1. The molecule has 4 N–H and O–H groups in total. The minimum atomic E-state index is 0. The number of hydrogen-bond donors (Lipinski definition) is 3. The molecule has 2 aromatic rings. The SMILES string of the molecule is CCc1c(NC(=O)C2CCC(N)C2)n[nH]c1-c1ccc(Br)cc1.Cl. The first-order valence-corrected chi connectivity index (χ1v) is 8.77. The Bertz CT molecular complexity index is 701. The molecule has 2 atom stereocenters. The second-order valence-corrected chi connectivity index (χ2v) is 6.96. The molecule has 0 saturated heterocycles. The van der Waals surface area contributed by atoms with E-state index in [0.29, 0.717) is 5.82 Å². The van der Waals surface area contributed by atoms with Crippen molar-refractivity contribution in [1.29, 1.82) is 0 Å². The molecule has 1 amide bonds. The predicted octanol–water partition coefficient (Wildman–Crippen LogP) is 3.89. The molecule has 1 heterocycles. The normalized spacial score (nSPS) is 19.8. The van der Waals surface area contributed by atoms with E-state index in [1.807, 2.05) is 24.3 Å². The van der Waals surface area contributed by atoms with Gasteiger partial charge in [-0.25, -0.2) is 0 Å². The monoisotopic (exact) mass is 412 g/mol. The average Bonchev–Trinajstić information content (AvgIpc) is 3.14. The molecule has 1 aromatic carbocycles. The summed E-state index contributed by atoms with van der Waals surface area (Å²) in [5, 5.41) is 10.4. The van der Waals surface area contributed by atoms with Crippen LogP contribution in [0.25, 0.3) is 11.3 Å². The number of carbonyl (C=O) groups is 1. The number of nitrogens with zero attached hydrogens (tertiary/aromatic N) is 1. The molecule has 0 spiro atoms. The second-order valence-electron chi connectivity index (χ2n) is 6.05. The Hall–Kier alpha value is -1.37. The van der Waals surface area contributed by atoms with Crippen molar-refractivity contribution >= 4 is 40.1 Å². The number of nitrogens with two attached hydrogens (primary N) is 1. The van der Waals surface area contributed by atoms with Crippen LogP contribution in [0.5, 0.6) is 0 Å². The van der Waals surface area contributed by atoms with Crippen molar-refractivity contribution in [2.24, 2.45) is 11.7 Å². The van der Waals surface area contributed by atoms with E-state index < -0.39 is 0 Å². The zero-order valence-electron chi connectivity index (χ0n) is 13.5. The molecule has 1 aromatic heterocycles. The number of rotatable bonds is 4. The molecule has 130 valence electrons. The Morgan fingerprint density at radius 1 is 1.38 bits per heavy atom. The number of halogens is 2. The van der Waals surface area contributed by atoms with Crippen LogP contribution in [0.2, 0.25) is 0 Å². The molecule has 1 saturated carbocycles. The smallest absolute Gasteiger partial charge is 0.228 e. The zero-order valence-corrected chi connectivity index (χ0v) is 15.9. The third-order valence-corrected chi connectivity index (χ3v) is 4.97. The minimum Gasteiger partial charge on any atom is -0.328 e. The summed E-state index contributed by atoms with van der Waals surface area (Å²) in [6.45, 7) is 2.06. The maximum absolute atomic E-state index is 12.4. The van der Waals surface area contributed by atoms with Gasteiger partial charge >= 0.3 is 0 Å². The number of nitrogens with one attached hydrogen (secondary N) is 2. The number of anilines is 1. The summed E-state index contributed by atoms with van der Waals surface area (Å²) in [6.07, 6.45) is 3.33. The summed E-state index contributed by atoms with van der Waals surface area (Å²) >= 11 is 3.44. The largest absolute Gasteiger partial charge is 0.328 e. The molecule has 5 nitrogen and oxygen atoms in total. The van der Waals surface area contributed by atoms with Crippen LogP contribution >= 0.6 is 28.3 Å². The second kappa shape index (κ2) is 8.14. The zero-order chi connectivity index (χ0) is 16.4. The first kappa shape index (κ1) is 19.0. The Labute approximate surface area is 156 Å².